The molecule has 2 nitrogen and oxygen atoms in total. The standard InChI is InChI=1S/C14H16O2/c1-9(15)11-3-5-14-8-12(10(2)16)4-6-13(14)7-11/h3-10,15-16H,1-2H3. The van der Waals surface area contributed by atoms with Gasteiger partial charge in [0.15, 0.2) is 0 Å². The Kier molecular flexibility index (Phi) is 2.95. The lowest BCUT2D eigenvalue weighted by molar-refractivity contribution is 0.199. The van der Waals surface area contributed by atoms with Crippen LogP contribution < -0.4 is 0 Å². The molecule has 0 bridgehead atoms. The fourth-order valence-corrected chi connectivity index (χ4v) is 1.80. The molecule has 2 heteroatoms. The second-order valence-electron chi connectivity index (χ2n) is 4.22. The van der Waals surface area contributed by atoms with E-state index in [2.05, 4.69) is 0 Å². The lowest BCUT2D eigenvalue weighted by Crippen LogP contribution is -1.92. The molecular weight excluding hydrogens is 200 g/mol. The highest BCUT2D eigenvalue weighted by molar-refractivity contribution is 5.84. The van der Waals surface area contributed by atoms with Gasteiger partial charge in [-0.15, -0.1) is 0 Å². The Morgan fingerprint density at radius 3 is 1.44 bits per heavy atom. The number of aliphatic hydroxyl groups is 2. The van der Waals surface area contributed by atoms with Gasteiger partial charge < -0.3 is 10.2 Å². The third-order valence-electron chi connectivity index (χ3n) is 2.85. The highest BCUT2D eigenvalue weighted by Gasteiger charge is 2.04. The summed E-state index contributed by atoms with van der Waals surface area (Å²) >= 11 is 0. The van der Waals surface area contributed by atoms with Crippen LogP contribution >= 0.6 is 0 Å². The van der Waals surface area contributed by atoms with Gasteiger partial charge in [-0.25, -0.2) is 0 Å². The summed E-state index contributed by atoms with van der Waals surface area (Å²) in [5.74, 6) is 0. The van der Waals surface area contributed by atoms with Crippen molar-refractivity contribution in [2.45, 2.75) is 26.1 Å². The minimum Gasteiger partial charge on any atom is -0.389 e. The number of rotatable bonds is 2. The summed E-state index contributed by atoms with van der Waals surface area (Å²) in [7, 11) is 0. The molecule has 0 saturated carbocycles. The van der Waals surface area contributed by atoms with Crippen LogP contribution in [-0.2, 0) is 0 Å². The quantitative estimate of drug-likeness (QED) is 0.810. The summed E-state index contributed by atoms with van der Waals surface area (Å²) in [6.07, 6.45) is -0.887. The monoisotopic (exact) mass is 216 g/mol. The van der Waals surface area contributed by atoms with Crippen LogP contribution in [0, 0.1) is 0 Å². The van der Waals surface area contributed by atoms with Gasteiger partial charge in [0, 0.05) is 0 Å². The van der Waals surface area contributed by atoms with E-state index in [4.69, 9.17) is 0 Å². The van der Waals surface area contributed by atoms with E-state index in [9.17, 15) is 10.2 Å². The van der Waals surface area contributed by atoms with Crippen LogP contribution in [0.2, 0.25) is 0 Å². The zero-order valence-electron chi connectivity index (χ0n) is 9.51. The Labute approximate surface area is 95.2 Å². The Hall–Kier alpha value is -1.38. The SMILES string of the molecule is CC(O)c1ccc2cc(C(C)O)ccc2c1. The van der Waals surface area contributed by atoms with Crippen LogP contribution in [0.1, 0.15) is 37.2 Å². The molecule has 0 amide bonds. The summed E-state index contributed by atoms with van der Waals surface area (Å²) in [4.78, 5) is 0. The lowest BCUT2D eigenvalue weighted by Gasteiger charge is -2.09. The van der Waals surface area contributed by atoms with E-state index in [-0.39, 0.29) is 0 Å². The highest BCUT2D eigenvalue weighted by atomic mass is 16.3. The molecule has 2 rings (SSSR count). The molecule has 2 atom stereocenters. The molecule has 0 fully saturated rings. The molecule has 0 spiro atoms. The zero-order valence-corrected chi connectivity index (χ0v) is 9.51. The van der Waals surface area contributed by atoms with E-state index in [0.29, 0.717) is 0 Å². The predicted molar refractivity (Wildman–Crippen MR) is 65.2 cm³/mol. The zero-order chi connectivity index (χ0) is 11.7. The van der Waals surface area contributed by atoms with Crippen LogP contribution in [0.3, 0.4) is 0 Å². The number of fused-ring (bicyclic) bond motifs is 1. The largest absolute Gasteiger partial charge is 0.389 e. The summed E-state index contributed by atoms with van der Waals surface area (Å²) in [6.45, 7) is 3.51. The Bertz CT molecular complexity index is 454. The summed E-state index contributed by atoms with van der Waals surface area (Å²) in [5.41, 5.74) is 1.83. The fraction of sp³-hybridized carbons (Fsp3) is 0.286. The van der Waals surface area contributed by atoms with E-state index >= 15 is 0 Å². The van der Waals surface area contributed by atoms with Gasteiger partial charge in [-0.1, -0.05) is 24.3 Å². The van der Waals surface area contributed by atoms with Crippen LogP contribution in [0.4, 0.5) is 0 Å². The van der Waals surface area contributed by atoms with Crippen LogP contribution in [0.15, 0.2) is 36.4 Å². The highest BCUT2D eigenvalue weighted by Crippen LogP contribution is 2.23. The molecule has 0 aliphatic rings. The molecule has 2 unspecified atom stereocenters. The molecular formula is C14H16O2. The smallest absolute Gasteiger partial charge is 0.0762 e. The molecule has 2 aromatic rings. The van der Waals surface area contributed by atoms with E-state index < -0.39 is 12.2 Å². The Balaban J connectivity index is 2.53. The van der Waals surface area contributed by atoms with Crippen molar-refractivity contribution in [1.29, 1.82) is 0 Å². The van der Waals surface area contributed by atoms with Crippen LogP contribution in [0.25, 0.3) is 10.8 Å². The van der Waals surface area contributed by atoms with Gasteiger partial charge >= 0.3 is 0 Å². The first-order chi connectivity index (χ1) is 7.58. The first kappa shape index (κ1) is 11.1. The first-order valence-corrected chi connectivity index (χ1v) is 5.47. The van der Waals surface area contributed by atoms with Crippen molar-refractivity contribution < 1.29 is 10.2 Å². The summed E-state index contributed by atoms with van der Waals surface area (Å²) < 4.78 is 0. The minimum atomic E-state index is -0.444. The minimum absolute atomic E-state index is 0.444. The first-order valence-electron chi connectivity index (χ1n) is 5.47. The molecule has 16 heavy (non-hydrogen) atoms. The number of benzene rings is 2. The molecule has 0 aliphatic heterocycles. The molecule has 84 valence electrons. The van der Waals surface area contributed by atoms with Gasteiger partial charge in [0.05, 0.1) is 12.2 Å². The van der Waals surface area contributed by atoms with E-state index in [0.717, 1.165) is 21.9 Å². The average Bonchev–Trinajstić information content (AvgIpc) is 2.27. The second kappa shape index (κ2) is 4.24. The van der Waals surface area contributed by atoms with Crippen molar-refractivity contribution in [1.82, 2.24) is 0 Å². The topological polar surface area (TPSA) is 40.5 Å². The van der Waals surface area contributed by atoms with Gasteiger partial charge in [0.1, 0.15) is 0 Å². The predicted octanol–water partition coefficient (Wildman–Crippen LogP) is 2.95. The normalized spacial score (nSPS) is 15.0. The second-order valence-corrected chi connectivity index (χ2v) is 4.22. The van der Waals surface area contributed by atoms with E-state index in [1.165, 1.54) is 0 Å². The van der Waals surface area contributed by atoms with Crippen molar-refractivity contribution in [2.24, 2.45) is 0 Å². The number of hydrogen-bond acceptors (Lipinski definition) is 2. The molecule has 0 aromatic heterocycles. The van der Waals surface area contributed by atoms with E-state index in [1.54, 1.807) is 13.8 Å². The van der Waals surface area contributed by atoms with Gasteiger partial charge in [0.2, 0.25) is 0 Å². The number of hydrogen-bond donors (Lipinski definition) is 2. The summed E-state index contributed by atoms with van der Waals surface area (Å²) in [5, 5.41) is 21.1. The third kappa shape index (κ3) is 2.08. The average molecular weight is 216 g/mol. The molecule has 0 saturated heterocycles. The number of aliphatic hydroxyl groups excluding tert-OH is 2. The fourth-order valence-electron chi connectivity index (χ4n) is 1.80. The maximum absolute atomic E-state index is 9.49. The molecule has 0 heterocycles. The van der Waals surface area contributed by atoms with Crippen molar-refractivity contribution in [3.8, 4) is 0 Å². The summed E-state index contributed by atoms with van der Waals surface area (Å²) in [6, 6.07) is 11.7. The third-order valence-corrected chi connectivity index (χ3v) is 2.85. The van der Waals surface area contributed by atoms with Crippen molar-refractivity contribution in [2.75, 3.05) is 0 Å². The Morgan fingerprint density at radius 2 is 1.12 bits per heavy atom. The van der Waals surface area contributed by atoms with Gasteiger partial charge in [-0.2, -0.15) is 0 Å². The van der Waals surface area contributed by atoms with Gasteiger partial charge in [0.25, 0.3) is 0 Å². The van der Waals surface area contributed by atoms with Gasteiger partial charge in [-0.05, 0) is 47.9 Å². The van der Waals surface area contributed by atoms with Crippen molar-refractivity contribution in [3.05, 3.63) is 47.5 Å². The van der Waals surface area contributed by atoms with Crippen molar-refractivity contribution in [3.63, 3.8) is 0 Å². The molecule has 2 N–H and O–H groups in total. The maximum atomic E-state index is 9.49. The van der Waals surface area contributed by atoms with Gasteiger partial charge in [-0.3, -0.25) is 0 Å². The molecule has 0 radical (unpaired) electrons. The lowest BCUT2D eigenvalue weighted by atomic mass is 10.0. The van der Waals surface area contributed by atoms with Crippen molar-refractivity contribution >= 4 is 10.8 Å². The van der Waals surface area contributed by atoms with E-state index in [1.807, 2.05) is 36.4 Å². The Morgan fingerprint density at radius 1 is 0.750 bits per heavy atom. The van der Waals surface area contributed by atoms with Crippen LogP contribution in [0.5, 0.6) is 0 Å². The molecule has 2 aromatic carbocycles. The maximum Gasteiger partial charge on any atom is 0.0762 e. The molecule has 0 aliphatic carbocycles. The van der Waals surface area contributed by atoms with Crippen LogP contribution in [-0.4, -0.2) is 10.2 Å².